The molecular formula is C55H83Br2N3O4. The van der Waals surface area contributed by atoms with E-state index in [0.717, 1.165) is 55.5 Å². The van der Waals surface area contributed by atoms with Crippen LogP contribution in [0.25, 0.3) is 0 Å². The number of esters is 2. The van der Waals surface area contributed by atoms with E-state index in [0.29, 0.717) is 49.3 Å². The van der Waals surface area contributed by atoms with Gasteiger partial charge in [0.15, 0.2) is 37.9 Å². The number of hydrogen-bond acceptors (Lipinski definition) is 5. The Labute approximate surface area is 409 Å². The summed E-state index contributed by atoms with van der Waals surface area (Å²) in [5, 5.41) is 3.69. The van der Waals surface area contributed by atoms with Crippen molar-refractivity contribution in [2.75, 3.05) is 13.2 Å². The summed E-state index contributed by atoms with van der Waals surface area (Å²) in [7, 11) is 0. The predicted octanol–water partition coefficient (Wildman–Crippen LogP) is 7.04. The first-order valence-electron chi connectivity index (χ1n) is 24.8. The quantitative estimate of drug-likeness (QED) is 0.0426. The standard InChI is InChI=1S/C55H82N3O4.2BrH/c1-7-9-11-13-15-17-19-21-23-28-40-61-54(59)52-49(42-57-36-32-46(33-37-57)44(3)4)56-50(43-58-38-34-47(35-39-58)45(5)6)53(51(52)48-30-26-25-27-31-48)55(60)62-41-29-24-22-20-18-16-14-12-10-8-2;;/h25-27,30-39,44-45,51H,7-24,28-29,40-43H2,1-6H3;2*1H/q+1;;/p-1. The fourth-order valence-corrected chi connectivity index (χ4v) is 8.47. The molecule has 0 saturated heterocycles. The lowest BCUT2D eigenvalue weighted by molar-refractivity contribution is -0.692. The van der Waals surface area contributed by atoms with Crippen LogP contribution >= 0.6 is 0 Å². The van der Waals surface area contributed by atoms with Crippen molar-refractivity contribution in [1.29, 1.82) is 0 Å². The van der Waals surface area contributed by atoms with Gasteiger partial charge in [0.1, 0.15) is 0 Å². The van der Waals surface area contributed by atoms with Crippen LogP contribution in [0.2, 0.25) is 0 Å². The van der Waals surface area contributed by atoms with Crippen molar-refractivity contribution < 1.29 is 62.2 Å². The van der Waals surface area contributed by atoms with Crippen LogP contribution < -0.4 is 48.4 Å². The smallest absolute Gasteiger partial charge is 0.337 e. The van der Waals surface area contributed by atoms with E-state index in [1.165, 1.54) is 101 Å². The summed E-state index contributed by atoms with van der Waals surface area (Å²) in [4.78, 5) is 29.3. The number of ether oxygens (including phenoxy) is 2. The van der Waals surface area contributed by atoms with E-state index in [1.807, 2.05) is 30.3 Å². The van der Waals surface area contributed by atoms with E-state index in [-0.39, 0.29) is 45.9 Å². The normalized spacial score (nSPS) is 12.9. The van der Waals surface area contributed by atoms with Gasteiger partial charge in [0.05, 0.1) is 41.7 Å². The van der Waals surface area contributed by atoms with Crippen LogP contribution in [0.3, 0.4) is 0 Å². The third-order valence-corrected chi connectivity index (χ3v) is 12.4. The molecule has 9 heteroatoms. The third-order valence-electron chi connectivity index (χ3n) is 12.4. The Kier molecular flexibility index (Phi) is 29.5. The second kappa shape index (κ2) is 33.2. The Bertz CT molecular complexity index is 1680. The molecule has 3 aromatic rings. The van der Waals surface area contributed by atoms with Crippen LogP contribution in [0, 0.1) is 0 Å². The van der Waals surface area contributed by atoms with Crippen molar-refractivity contribution in [2.24, 2.45) is 0 Å². The number of benzene rings is 1. The lowest BCUT2D eigenvalue weighted by atomic mass is 9.80. The fraction of sp³-hybridized carbons (Fsp3) is 0.600. The Morgan fingerprint density at radius 3 is 1.16 bits per heavy atom. The summed E-state index contributed by atoms with van der Waals surface area (Å²) >= 11 is 0. The zero-order valence-electron chi connectivity index (χ0n) is 40.5. The van der Waals surface area contributed by atoms with Crippen molar-refractivity contribution in [2.45, 2.75) is 201 Å². The molecule has 0 saturated carbocycles. The summed E-state index contributed by atoms with van der Waals surface area (Å²) in [5.41, 5.74) is 5.77. The molecule has 4 rings (SSSR count). The third kappa shape index (κ3) is 20.1. The molecule has 0 spiro atoms. The maximum Gasteiger partial charge on any atom is 0.337 e. The molecule has 7 nitrogen and oxygen atoms in total. The highest BCUT2D eigenvalue weighted by atomic mass is 79.9. The number of carbonyl (C=O) groups excluding carboxylic acids is 2. The molecule has 0 fully saturated rings. The highest BCUT2D eigenvalue weighted by molar-refractivity contribution is 6.00. The molecule has 0 amide bonds. The predicted molar refractivity (Wildman–Crippen MR) is 253 cm³/mol. The van der Waals surface area contributed by atoms with Gasteiger partial charge in [-0.1, -0.05) is 187 Å². The summed E-state index contributed by atoms with van der Waals surface area (Å²) in [6.45, 7) is 14.8. The molecule has 1 aliphatic rings. The highest BCUT2D eigenvalue weighted by Crippen LogP contribution is 2.40. The van der Waals surface area contributed by atoms with Gasteiger partial charge in [0, 0.05) is 24.3 Å². The lowest BCUT2D eigenvalue weighted by Crippen LogP contribution is -3.00. The maximum atomic E-state index is 14.7. The van der Waals surface area contributed by atoms with Crippen LogP contribution in [0.4, 0.5) is 0 Å². The molecule has 0 aliphatic carbocycles. The van der Waals surface area contributed by atoms with Crippen LogP contribution in [0.15, 0.2) is 102 Å². The second-order valence-electron chi connectivity index (χ2n) is 18.3. The first-order valence-corrected chi connectivity index (χ1v) is 24.8. The molecular weight excluding hydrogens is 926 g/mol. The van der Waals surface area contributed by atoms with Gasteiger partial charge in [0.2, 0.25) is 0 Å². The molecule has 1 N–H and O–H groups in total. The number of carbonyl (C=O) groups is 2. The van der Waals surface area contributed by atoms with Gasteiger partial charge in [-0.2, -0.15) is 9.13 Å². The Hall–Kier alpha value is -3.30. The summed E-state index contributed by atoms with van der Waals surface area (Å²) < 4.78 is 16.6. The largest absolute Gasteiger partial charge is 1.00 e. The minimum atomic E-state index is -0.672. The number of rotatable bonds is 31. The molecule has 2 aromatic heterocycles. The average Bonchev–Trinajstić information content (AvgIpc) is 3.27. The van der Waals surface area contributed by atoms with E-state index in [9.17, 15) is 9.59 Å². The van der Waals surface area contributed by atoms with Crippen LogP contribution in [0.1, 0.15) is 204 Å². The minimum absolute atomic E-state index is 0. The summed E-state index contributed by atoms with van der Waals surface area (Å²) in [6, 6.07) is 18.6. The van der Waals surface area contributed by atoms with Crippen molar-refractivity contribution in [3.05, 3.63) is 119 Å². The monoisotopic (exact) mass is 1010 g/mol. The number of halogens is 2. The lowest BCUT2D eigenvalue weighted by Gasteiger charge is -2.31. The highest BCUT2D eigenvalue weighted by Gasteiger charge is 2.42. The minimum Gasteiger partial charge on any atom is -1.00 e. The average molecular weight is 1010 g/mol. The second-order valence-corrected chi connectivity index (χ2v) is 18.3. The molecule has 1 aliphatic heterocycles. The SMILES string of the molecule is CCCCCCCCCCCCOC(=O)C1=C(C[n+]2ccc(C(C)C)cc2)NC(C[n+]2ccc(C(C)C)cc2)=C(C(=O)OCCCCCCCCCCCC)C1c1ccccc1.[Br-].[Br-]. The van der Waals surface area contributed by atoms with Gasteiger partial charge in [-0.15, -0.1) is 0 Å². The fourth-order valence-electron chi connectivity index (χ4n) is 8.47. The van der Waals surface area contributed by atoms with Crippen molar-refractivity contribution >= 4 is 11.9 Å². The zero-order valence-corrected chi connectivity index (χ0v) is 43.7. The van der Waals surface area contributed by atoms with E-state index in [1.54, 1.807) is 0 Å². The topological polar surface area (TPSA) is 72.4 Å². The molecule has 3 heterocycles. The molecule has 64 heavy (non-hydrogen) atoms. The molecule has 0 unspecified atom stereocenters. The van der Waals surface area contributed by atoms with Gasteiger partial charge in [0.25, 0.3) is 0 Å². The number of allylic oxidation sites excluding steroid dienone is 2. The number of unbranched alkanes of at least 4 members (excludes halogenated alkanes) is 18. The maximum absolute atomic E-state index is 14.7. The number of nitrogens with one attached hydrogen (secondary N) is 1. The van der Waals surface area contributed by atoms with Crippen LogP contribution in [-0.4, -0.2) is 25.2 Å². The number of aromatic nitrogens is 2. The van der Waals surface area contributed by atoms with Crippen molar-refractivity contribution in [3.63, 3.8) is 0 Å². The van der Waals surface area contributed by atoms with Gasteiger partial charge in [-0.3, -0.25) is 0 Å². The van der Waals surface area contributed by atoms with Gasteiger partial charge in [-0.05, 0) is 41.4 Å². The molecule has 1 aromatic carbocycles. The number of hydrogen-bond donors (Lipinski definition) is 1. The molecule has 0 bridgehead atoms. The number of nitrogens with zero attached hydrogens (tertiary/aromatic N) is 2. The molecule has 0 radical (unpaired) electrons. The first-order chi connectivity index (χ1) is 30.2. The van der Waals surface area contributed by atoms with Crippen LogP contribution in [0.5, 0.6) is 0 Å². The van der Waals surface area contributed by atoms with E-state index < -0.39 is 5.92 Å². The summed E-state index contributed by atoms with van der Waals surface area (Å²) in [6.07, 6.45) is 32.4. The van der Waals surface area contributed by atoms with Gasteiger partial charge < -0.3 is 48.8 Å². The Balaban J connectivity index is 0.00000704. The Morgan fingerprint density at radius 1 is 0.500 bits per heavy atom. The van der Waals surface area contributed by atoms with E-state index in [4.69, 9.17) is 9.47 Å². The van der Waals surface area contributed by atoms with Gasteiger partial charge >= 0.3 is 11.9 Å². The molecule has 356 valence electrons. The first kappa shape index (κ1) is 56.8. The van der Waals surface area contributed by atoms with Crippen molar-refractivity contribution in [3.8, 4) is 0 Å². The Morgan fingerprint density at radius 2 is 0.828 bits per heavy atom. The van der Waals surface area contributed by atoms with Crippen LogP contribution in [-0.2, 0) is 32.2 Å². The van der Waals surface area contributed by atoms with E-state index in [2.05, 4.69) is 105 Å². The van der Waals surface area contributed by atoms with Crippen molar-refractivity contribution in [1.82, 2.24) is 5.32 Å². The van der Waals surface area contributed by atoms with Gasteiger partial charge in [-0.25, -0.2) is 9.59 Å². The summed E-state index contributed by atoms with van der Waals surface area (Å²) in [5.74, 6) is -0.640. The van der Waals surface area contributed by atoms with E-state index >= 15 is 0 Å². The number of pyridine rings is 2. The number of dihydropyridines is 1. The zero-order chi connectivity index (χ0) is 44.4. The molecule has 0 atom stereocenters.